The summed E-state index contributed by atoms with van der Waals surface area (Å²) in [5.74, 6) is 1.49. The SMILES string of the molecule is CC1=C[C]([Si](c2cccc(C(C)C)c2)(c2cccc(C(C)C)c2)c2cccc(C(C)C)c2)C=C1. The largest absolute Gasteiger partial charge is 0.162 e. The molecule has 175 valence electrons. The molecule has 0 amide bonds. The Hall–Kier alpha value is -2.64. The van der Waals surface area contributed by atoms with E-state index in [9.17, 15) is 0 Å². The summed E-state index contributed by atoms with van der Waals surface area (Å²) < 4.78 is 0. The van der Waals surface area contributed by atoms with E-state index in [1.165, 1.54) is 43.4 Å². The van der Waals surface area contributed by atoms with Crippen molar-refractivity contribution < 1.29 is 0 Å². The molecule has 1 heteroatoms. The highest BCUT2D eigenvalue weighted by Crippen LogP contribution is 2.30. The first-order valence-electron chi connectivity index (χ1n) is 12.8. The van der Waals surface area contributed by atoms with Crippen LogP contribution in [0.1, 0.15) is 82.9 Å². The standard InChI is InChI=1S/C33H39Si/c1-23(2)27-11-8-14-30(20-27)34(33-18-17-26(7)19-33,31-15-9-12-28(21-31)24(3)4)32-16-10-13-29(22-32)25(5)6/h8-25H,1-7H3. The van der Waals surface area contributed by atoms with E-state index in [0.717, 1.165) is 0 Å². The maximum atomic E-state index is 2.50. The lowest BCUT2D eigenvalue weighted by atomic mass is 10.0. The fourth-order valence-electron chi connectivity index (χ4n) is 5.19. The number of benzene rings is 3. The maximum Gasteiger partial charge on any atom is 0.162 e. The van der Waals surface area contributed by atoms with E-state index in [2.05, 4.69) is 139 Å². The molecule has 4 rings (SSSR count). The van der Waals surface area contributed by atoms with E-state index in [-0.39, 0.29) is 0 Å². The number of allylic oxidation sites excluding steroid dienone is 4. The summed E-state index contributed by atoms with van der Waals surface area (Å²) in [5, 5.41) is 4.43. The van der Waals surface area contributed by atoms with Gasteiger partial charge in [0.05, 0.1) is 0 Å². The van der Waals surface area contributed by atoms with E-state index in [0.29, 0.717) is 17.8 Å². The van der Waals surface area contributed by atoms with Crippen LogP contribution in [0.3, 0.4) is 0 Å². The summed E-state index contributed by atoms with van der Waals surface area (Å²) in [4.78, 5) is 0. The lowest BCUT2D eigenvalue weighted by Gasteiger charge is -2.38. The van der Waals surface area contributed by atoms with Crippen molar-refractivity contribution in [2.45, 2.75) is 66.2 Å². The third-order valence-corrected chi connectivity index (χ3v) is 12.0. The molecule has 0 N–H and O–H groups in total. The third-order valence-electron chi connectivity index (χ3n) is 7.30. The van der Waals surface area contributed by atoms with Gasteiger partial charge in [0.2, 0.25) is 0 Å². The summed E-state index contributed by atoms with van der Waals surface area (Å²) in [5.41, 5.74) is 7.06. The molecule has 34 heavy (non-hydrogen) atoms. The highest BCUT2D eigenvalue weighted by atomic mass is 28.3. The molecule has 0 unspecified atom stereocenters. The van der Waals surface area contributed by atoms with Gasteiger partial charge in [-0.1, -0.05) is 138 Å². The average Bonchev–Trinajstić information content (AvgIpc) is 3.26. The molecule has 0 heterocycles. The van der Waals surface area contributed by atoms with Gasteiger partial charge in [0.25, 0.3) is 0 Å². The predicted octanol–water partition coefficient (Wildman–Crippen LogP) is 7.16. The second-order valence-corrected chi connectivity index (χ2v) is 14.6. The van der Waals surface area contributed by atoms with Crippen LogP contribution in [0.2, 0.25) is 0 Å². The first-order chi connectivity index (χ1) is 16.2. The van der Waals surface area contributed by atoms with Gasteiger partial charge < -0.3 is 0 Å². The Morgan fingerprint density at radius 3 is 1.21 bits per heavy atom. The van der Waals surface area contributed by atoms with Crippen molar-refractivity contribution in [2.24, 2.45) is 0 Å². The normalized spacial score (nSPS) is 14.5. The maximum absolute atomic E-state index is 2.51. The first kappa shape index (κ1) is 24.5. The second kappa shape index (κ2) is 9.92. The minimum absolute atomic E-state index is 0.497. The van der Waals surface area contributed by atoms with E-state index in [1.807, 2.05) is 0 Å². The molecule has 1 radical (unpaired) electrons. The van der Waals surface area contributed by atoms with Crippen LogP contribution in [-0.2, 0) is 0 Å². The van der Waals surface area contributed by atoms with E-state index < -0.39 is 8.07 Å². The van der Waals surface area contributed by atoms with Crippen molar-refractivity contribution in [3.05, 3.63) is 119 Å². The Balaban J connectivity index is 2.12. The third kappa shape index (κ3) is 4.51. The zero-order chi connectivity index (χ0) is 24.5. The van der Waals surface area contributed by atoms with Crippen molar-refractivity contribution in [3.8, 4) is 0 Å². The Bertz CT molecular complexity index is 1080. The second-order valence-electron chi connectivity index (χ2n) is 10.8. The van der Waals surface area contributed by atoms with Crippen LogP contribution in [0.15, 0.2) is 96.6 Å². The Morgan fingerprint density at radius 2 is 0.912 bits per heavy atom. The minimum atomic E-state index is -2.51. The molecule has 1 aliphatic carbocycles. The van der Waals surface area contributed by atoms with Crippen molar-refractivity contribution in [1.29, 1.82) is 0 Å². The van der Waals surface area contributed by atoms with Crippen LogP contribution in [0.4, 0.5) is 0 Å². The van der Waals surface area contributed by atoms with Crippen LogP contribution in [0, 0.1) is 5.54 Å². The van der Waals surface area contributed by atoms with Gasteiger partial charge in [0, 0.05) is 5.54 Å². The van der Waals surface area contributed by atoms with Crippen LogP contribution >= 0.6 is 0 Å². The quantitative estimate of drug-likeness (QED) is 0.258. The minimum Gasteiger partial charge on any atom is -0.0750 e. The van der Waals surface area contributed by atoms with Crippen molar-refractivity contribution in [2.75, 3.05) is 0 Å². The molecule has 0 spiro atoms. The van der Waals surface area contributed by atoms with Crippen molar-refractivity contribution >= 4 is 23.6 Å². The Kier molecular flexibility index (Phi) is 7.14. The fourth-order valence-corrected chi connectivity index (χ4v) is 10.2. The van der Waals surface area contributed by atoms with Crippen LogP contribution in [-0.4, -0.2) is 8.07 Å². The molecule has 0 nitrogen and oxygen atoms in total. The molecule has 3 aromatic rings. The predicted molar refractivity (Wildman–Crippen MR) is 152 cm³/mol. The fraction of sp³-hybridized carbons (Fsp3) is 0.303. The number of hydrogen-bond acceptors (Lipinski definition) is 0. The highest BCUT2D eigenvalue weighted by molar-refractivity contribution is 7.15. The molecule has 0 saturated carbocycles. The number of hydrogen-bond donors (Lipinski definition) is 0. The molecule has 0 aliphatic heterocycles. The van der Waals surface area contributed by atoms with Gasteiger partial charge in [-0.25, -0.2) is 0 Å². The van der Waals surface area contributed by atoms with Crippen LogP contribution in [0.25, 0.3) is 0 Å². The molecule has 0 fully saturated rings. The highest BCUT2D eigenvalue weighted by Gasteiger charge is 2.46. The molecule has 0 saturated heterocycles. The molecule has 1 aliphatic rings. The Morgan fingerprint density at radius 1 is 0.529 bits per heavy atom. The molecular weight excluding hydrogens is 424 g/mol. The van der Waals surface area contributed by atoms with E-state index >= 15 is 0 Å². The van der Waals surface area contributed by atoms with Gasteiger partial charge in [-0.05, 0) is 56.9 Å². The molecule has 0 atom stereocenters. The smallest absolute Gasteiger partial charge is 0.0750 e. The van der Waals surface area contributed by atoms with Gasteiger partial charge >= 0.3 is 0 Å². The van der Waals surface area contributed by atoms with Crippen LogP contribution < -0.4 is 15.6 Å². The number of rotatable bonds is 7. The van der Waals surface area contributed by atoms with Crippen molar-refractivity contribution in [1.82, 2.24) is 0 Å². The summed E-state index contributed by atoms with van der Waals surface area (Å²) in [6.07, 6.45) is 7.13. The summed E-state index contributed by atoms with van der Waals surface area (Å²) in [6, 6.07) is 28.4. The molecule has 0 bridgehead atoms. The first-order valence-corrected chi connectivity index (χ1v) is 14.8. The molecule has 0 aromatic heterocycles. The van der Waals surface area contributed by atoms with E-state index in [1.54, 1.807) is 0 Å². The lowest BCUT2D eigenvalue weighted by molar-refractivity contribution is 0.867. The Labute approximate surface area is 208 Å². The zero-order valence-electron chi connectivity index (χ0n) is 21.9. The zero-order valence-corrected chi connectivity index (χ0v) is 22.9. The van der Waals surface area contributed by atoms with Crippen LogP contribution in [0.5, 0.6) is 0 Å². The van der Waals surface area contributed by atoms with Gasteiger partial charge in [-0.15, -0.1) is 0 Å². The van der Waals surface area contributed by atoms with Crippen molar-refractivity contribution in [3.63, 3.8) is 0 Å². The molecule has 3 aromatic carbocycles. The monoisotopic (exact) mass is 463 g/mol. The summed E-state index contributed by atoms with van der Waals surface area (Å²) in [6.45, 7) is 16.0. The summed E-state index contributed by atoms with van der Waals surface area (Å²) >= 11 is 0. The van der Waals surface area contributed by atoms with Gasteiger partial charge in [-0.3, -0.25) is 0 Å². The topological polar surface area (TPSA) is 0 Å². The molecular formula is C33H39Si. The summed E-state index contributed by atoms with van der Waals surface area (Å²) in [7, 11) is -2.51. The van der Waals surface area contributed by atoms with E-state index in [4.69, 9.17) is 0 Å². The van der Waals surface area contributed by atoms with Gasteiger partial charge in [0.1, 0.15) is 0 Å². The average molecular weight is 464 g/mol. The lowest BCUT2D eigenvalue weighted by Crippen LogP contribution is -2.70. The van der Waals surface area contributed by atoms with Gasteiger partial charge in [0.15, 0.2) is 8.07 Å². The van der Waals surface area contributed by atoms with Gasteiger partial charge in [-0.2, -0.15) is 0 Å².